The number of amides is 1. The highest BCUT2D eigenvalue weighted by Gasteiger charge is 2.31. The van der Waals surface area contributed by atoms with Crippen molar-refractivity contribution >= 4 is 21.9 Å². The third-order valence-corrected chi connectivity index (χ3v) is 4.81. The molecule has 0 aliphatic carbocycles. The van der Waals surface area contributed by atoms with E-state index in [1.807, 2.05) is 0 Å². The van der Waals surface area contributed by atoms with Crippen molar-refractivity contribution in [3.63, 3.8) is 0 Å². The molecule has 1 amide bonds. The van der Waals surface area contributed by atoms with E-state index < -0.39 is 16.1 Å². The number of anilines is 1. The van der Waals surface area contributed by atoms with Gasteiger partial charge in [-0.1, -0.05) is 0 Å². The Morgan fingerprint density at radius 2 is 1.88 bits per heavy atom. The average molecular weight is 367 g/mol. The van der Waals surface area contributed by atoms with Gasteiger partial charge in [0.1, 0.15) is 11.5 Å². The van der Waals surface area contributed by atoms with Gasteiger partial charge in [0.2, 0.25) is 0 Å². The molecule has 11 heteroatoms. The van der Waals surface area contributed by atoms with E-state index in [1.54, 1.807) is 18.2 Å². The topological polar surface area (TPSA) is 140 Å². The number of aromatic amines is 1. The van der Waals surface area contributed by atoms with Gasteiger partial charge in [-0.2, -0.15) is 17.8 Å². The van der Waals surface area contributed by atoms with Crippen molar-refractivity contribution < 1.29 is 22.7 Å². The van der Waals surface area contributed by atoms with Crippen LogP contribution >= 0.6 is 0 Å². The second-order valence-corrected chi connectivity index (χ2v) is 6.94. The van der Waals surface area contributed by atoms with Gasteiger partial charge < -0.3 is 14.8 Å². The molecule has 0 spiro atoms. The van der Waals surface area contributed by atoms with Gasteiger partial charge in [-0.25, -0.2) is 5.14 Å². The molecule has 1 aromatic heterocycles. The van der Waals surface area contributed by atoms with Crippen LogP contribution < -0.4 is 19.9 Å². The first-order valence-corrected chi connectivity index (χ1v) is 8.70. The Hall–Kier alpha value is -2.63. The minimum absolute atomic E-state index is 0.0434. The molecule has 134 valence electrons. The highest BCUT2D eigenvalue weighted by Crippen LogP contribution is 2.29. The summed E-state index contributed by atoms with van der Waals surface area (Å²) in [5, 5.41) is 14.5. The molecule has 2 aromatic rings. The first kappa shape index (κ1) is 17.2. The summed E-state index contributed by atoms with van der Waals surface area (Å²) >= 11 is 0. The molecular weight excluding hydrogens is 350 g/mol. The number of hydrogen-bond donors (Lipinski definition) is 3. The number of ether oxygens (including phenoxy) is 2. The second-order valence-electron chi connectivity index (χ2n) is 5.40. The zero-order valence-electron chi connectivity index (χ0n) is 13.6. The first-order valence-electron chi connectivity index (χ1n) is 7.20. The molecule has 2 heterocycles. The summed E-state index contributed by atoms with van der Waals surface area (Å²) in [6.07, 6.45) is 0. The summed E-state index contributed by atoms with van der Waals surface area (Å²) in [5.41, 5.74) is 1.49. The van der Waals surface area contributed by atoms with Crippen LogP contribution in [-0.2, 0) is 23.3 Å². The van der Waals surface area contributed by atoms with E-state index in [0.717, 1.165) is 4.31 Å². The molecule has 0 saturated carbocycles. The number of nitrogens with one attached hydrogen (secondary N) is 2. The van der Waals surface area contributed by atoms with Crippen LogP contribution in [-0.4, -0.2) is 43.0 Å². The molecule has 10 nitrogen and oxygen atoms in total. The van der Waals surface area contributed by atoms with Crippen molar-refractivity contribution in [1.29, 1.82) is 0 Å². The van der Waals surface area contributed by atoms with Crippen molar-refractivity contribution in [2.24, 2.45) is 5.14 Å². The fourth-order valence-corrected chi connectivity index (χ4v) is 3.13. The highest BCUT2D eigenvalue weighted by atomic mass is 32.2. The van der Waals surface area contributed by atoms with E-state index in [4.69, 9.17) is 14.6 Å². The van der Waals surface area contributed by atoms with Crippen LogP contribution in [0.3, 0.4) is 0 Å². The van der Waals surface area contributed by atoms with E-state index in [1.165, 1.54) is 14.2 Å². The SMILES string of the molecule is COc1cc(OC)cc(C(=O)Nc2n[nH]c3c2CN(S(N)(=O)=O)C3)c1. The monoisotopic (exact) mass is 367 g/mol. The molecule has 0 radical (unpaired) electrons. The quantitative estimate of drug-likeness (QED) is 0.690. The molecule has 1 aromatic carbocycles. The summed E-state index contributed by atoms with van der Waals surface area (Å²) < 4.78 is 34.3. The van der Waals surface area contributed by atoms with Crippen molar-refractivity contribution in [2.75, 3.05) is 19.5 Å². The van der Waals surface area contributed by atoms with Gasteiger partial charge in [-0.15, -0.1) is 0 Å². The van der Waals surface area contributed by atoms with Crippen LogP contribution in [0.5, 0.6) is 11.5 Å². The van der Waals surface area contributed by atoms with E-state index in [9.17, 15) is 13.2 Å². The van der Waals surface area contributed by atoms with Crippen LogP contribution in [0, 0.1) is 0 Å². The molecule has 1 aliphatic rings. The van der Waals surface area contributed by atoms with Crippen molar-refractivity contribution in [3.05, 3.63) is 35.0 Å². The molecule has 25 heavy (non-hydrogen) atoms. The standard InChI is InChI=1S/C14H17N5O5S/c1-23-9-3-8(4-10(5-9)24-2)14(20)16-13-11-6-19(25(15,21)22)7-12(11)17-18-13/h3-5H,6-7H2,1-2H3,(H2,15,21,22)(H2,16,17,18,20). The molecule has 0 saturated heterocycles. The van der Waals surface area contributed by atoms with Gasteiger partial charge in [0.05, 0.1) is 26.5 Å². The molecule has 1 aliphatic heterocycles. The Balaban J connectivity index is 1.82. The molecule has 4 N–H and O–H groups in total. The number of aromatic nitrogens is 2. The van der Waals surface area contributed by atoms with Gasteiger partial charge in [0.25, 0.3) is 16.1 Å². The lowest BCUT2D eigenvalue weighted by molar-refractivity contribution is 0.102. The zero-order valence-corrected chi connectivity index (χ0v) is 14.4. The molecule has 0 bridgehead atoms. The number of nitrogens with zero attached hydrogens (tertiary/aromatic N) is 2. The van der Waals surface area contributed by atoms with E-state index in [2.05, 4.69) is 15.5 Å². The lowest BCUT2D eigenvalue weighted by Crippen LogP contribution is -2.32. The number of H-pyrrole nitrogens is 1. The summed E-state index contributed by atoms with van der Waals surface area (Å²) in [6.45, 7) is 0.131. The summed E-state index contributed by atoms with van der Waals surface area (Å²) in [6, 6.07) is 4.76. The van der Waals surface area contributed by atoms with Gasteiger partial charge in [0, 0.05) is 23.7 Å². The lowest BCUT2D eigenvalue weighted by Gasteiger charge is -2.11. The third-order valence-electron chi connectivity index (χ3n) is 3.83. The fourth-order valence-electron chi connectivity index (χ4n) is 2.51. The number of methoxy groups -OCH3 is 2. The Morgan fingerprint density at radius 3 is 2.44 bits per heavy atom. The van der Waals surface area contributed by atoms with Gasteiger partial charge in [0.15, 0.2) is 5.82 Å². The maximum absolute atomic E-state index is 12.5. The maximum Gasteiger partial charge on any atom is 0.277 e. The molecule has 0 fully saturated rings. The molecular formula is C14H17N5O5S. The molecule has 0 atom stereocenters. The smallest absolute Gasteiger partial charge is 0.277 e. The minimum Gasteiger partial charge on any atom is -0.497 e. The average Bonchev–Trinajstić information content (AvgIpc) is 3.16. The first-order chi connectivity index (χ1) is 11.8. The van der Waals surface area contributed by atoms with Gasteiger partial charge in [-0.05, 0) is 12.1 Å². The number of carbonyl (C=O) groups excluding carboxylic acids is 1. The Morgan fingerprint density at radius 1 is 1.24 bits per heavy atom. The zero-order chi connectivity index (χ0) is 18.2. The lowest BCUT2D eigenvalue weighted by atomic mass is 10.2. The number of benzene rings is 1. The number of rotatable bonds is 5. The Labute approximate surface area is 144 Å². The number of carbonyl (C=O) groups is 1. The third kappa shape index (κ3) is 3.43. The molecule has 3 rings (SSSR count). The Kier molecular flexibility index (Phi) is 4.37. The van der Waals surface area contributed by atoms with Crippen LogP contribution in [0.4, 0.5) is 5.82 Å². The van der Waals surface area contributed by atoms with Crippen LogP contribution in [0.25, 0.3) is 0 Å². The van der Waals surface area contributed by atoms with E-state index in [0.29, 0.717) is 28.3 Å². The summed E-state index contributed by atoms with van der Waals surface area (Å²) in [5.74, 6) is 0.766. The minimum atomic E-state index is -3.82. The van der Waals surface area contributed by atoms with E-state index >= 15 is 0 Å². The maximum atomic E-state index is 12.5. The normalized spacial score (nSPS) is 14.2. The van der Waals surface area contributed by atoms with E-state index in [-0.39, 0.29) is 18.9 Å². The van der Waals surface area contributed by atoms with Crippen molar-refractivity contribution in [3.8, 4) is 11.5 Å². The van der Waals surface area contributed by atoms with Gasteiger partial charge in [-0.3, -0.25) is 9.89 Å². The Bertz CT molecular complexity index is 901. The van der Waals surface area contributed by atoms with Gasteiger partial charge >= 0.3 is 0 Å². The number of nitrogens with two attached hydrogens (primary N) is 1. The second kappa shape index (κ2) is 6.35. The van der Waals surface area contributed by atoms with Crippen molar-refractivity contribution in [2.45, 2.75) is 13.1 Å². The predicted octanol–water partition coefficient (Wildman–Crippen LogP) is 0.198. The van der Waals surface area contributed by atoms with Crippen LogP contribution in [0.1, 0.15) is 21.6 Å². The number of hydrogen-bond acceptors (Lipinski definition) is 6. The summed E-state index contributed by atoms with van der Waals surface area (Å²) in [4.78, 5) is 12.5. The fraction of sp³-hybridized carbons (Fsp3) is 0.286. The summed E-state index contributed by atoms with van der Waals surface area (Å²) in [7, 11) is -0.846. The highest BCUT2D eigenvalue weighted by molar-refractivity contribution is 7.86. The predicted molar refractivity (Wildman–Crippen MR) is 88.4 cm³/mol. The largest absolute Gasteiger partial charge is 0.497 e. The number of fused-ring (bicyclic) bond motifs is 1. The molecule has 0 unspecified atom stereocenters. The van der Waals surface area contributed by atoms with Crippen LogP contribution in [0.2, 0.25) is 0 Å². The van der Waals surface area contributed by atoms with Crippen molar-refractivity contribution in [1.82, 2.24) is 14.5 Å². The van der Waals surface area contributed by atoms with Crippen LogP contribution in [0.15, 0.2) is 18.2 Å².